The SMILES string of the molecule is CC(NC(=O)CC1C(=O)Nc2ccccc21)c1cc(Cl)cc2c1OCC2. The highest BCUT2D eigenvalue weighted by molar-refractivity contribution is 6.30. The molecule has 0 aliphatic carbocycles. The third kappa shape index (κ3) is 3.03. The maximum atomic E-state index is 12.6. The predicted molar refractivity (Wildman–Crippen MR) is 99.6 cm³/mol. The van der Waals surface area contributed by atoms with Gasteiger partial charge in [0.1, 0.15) is 5.75 Å². The topological polar surface area (TPSA) is 67.4 Å². The summed E-state index contributed by atoms with van der Waals surface area (Å²) in [5.74, 6) is 0.0351. The lowest BCUT2D eigenvalue weighted by Gasteiger charge is -2.18. The van der Waals surface area contributed by atoms with Crippen molar-refractivity contribution in [3.8, 4) is 5.75 Å². The Balaban J connectivity index is 1.49. The summed E-state index contributed by atoms with van der Waals surface area (Å²) in [5.41, 5.74) is 3.59. The van der Waals surface area contributed by atoms with E-state index in [1.54, 1.807) is 0 Å². The summed E-state index contributed by atoms with van der Waals surface area (Å²) in [6, 6.07) is 10.9. The Morgan fingerprint density at radius 3 is 3.04 bits per heavy atom. The minimum Gasteiger partial charge on any atom is -0.493 e. The van der Waals surface area contributed by atoms with Crippen LogP contribution in [0.5, 0.6) is 5.75 Å². The Labute approximate surface area is 156 Å². The molecule has 2 N–H and O–H groups in total. The summed E-state index contributed by atoms with van der Waals surface area (Å²) >= 11 is 6.20. The van der Waals surface area contributed by atoms with Crippen LogP contribution in [0.15, 0.2) is 36.4 Å². The second-order valence-corrected chi connectivity index (χ2v) is 7.14. The highest BCUT2D eigenvalue weighted by Gasteiger charge is 2.32. The van der Waals surface area contributed by atoms with Gasteiger partial charge in [-0.05, 0) is 36.2 Å². The fourth-order valence-corrected chi connectivity index (χ4v) is 3.91. The maximum Gasteiger partial charge on any atom is 0.232 e. The van der Waals surface area contributed by atoms with E-state index in [1.807, 2.05) is 43.3 Å². The first-order valence-electron chi connectivity index (χ1n) is 8.67. The molecule has 2 unspecified atom stereocenters. The summed E-state index contributed by atoms with van der Waals surface area (Å²) in [5, 5.41) is 6.43. The van der Waals surface area contributed by atoms with Gasteiger partial charge in [0.15, 0.2) is 0 Å². The molecule has 0 spiro atoms. The number of fused-ring (bicyclic) bond motifs is 2. The van der Waals surface area contributed by atoms with Crippen molar-refractivity contribution in [1.82, 2.24) is 5.32 Å². The molecule has 26 heavy (non-hydrogen) atoms. The van der Waals surface area contributed by atoms with E-state index in [9.17, 15) is 9.59 Å². The number of rotatable bonds is 4. The Morgan fingerprint density at radius 1 is 1.38 bits per heavy atom. The molecular weight excluding hydrogens is 352 g/mol. The second kappa shape index (κ2) is 6.65. The van der Waals surface area contributed by atoms with Crippen LogP contribution in [0.4, 0.5) is 5.69 Å². The van der Waals surface area contributed by atoms with Crippen molar-refractivity contribution < 1.29 is 14.3 Å². The van der Waals surface area contributed by atoms with Crippen LogP contribution < -0.4 is 15.4 Å². The average molecular weight is 371 g/mol. The third-order valence-electron chi connectivity index (χ3n) is 4.92. The van der Waals surface area contributed by atoms with Crippen molar-refractivity contribution in [1.29, 1.82) is 0 Å². The predicted octanol–water partition coefficient (Wildman–Crippen LogP) is 3.58. The normalized spacial score (nSPS) is 18.5. The minimum atomic E-state index is -0.459. The molecule has 4 rings (SSSR count). The number of ether oxygens (including phenoxy) is 1. The van der Waals surface area contributed by atoms with Crippen LogP contribution in [0.1, 0.15) is 42.0 Å². The zero-order chi connectivity index (χ0) is 18.3. The van der Waals surface area contributed by atoms with E-state index in [0.29, 0.717) is 11.6 Å². The molecule has 2 atom stereocenters. The standard InChI is InChI=1S/C20H19ClN2O3/c1-11(15-9-13(21)8-12-6-7-26-19(12)15)22-18(24)10-16-14-4-2-3-5-17(14)23-20(16)25/h2-5,8-9,11,16H,6-7,10H2,1H3,(H,22,24)(H,23,25). The summed E-state index contributed by atoms with van der Waals surface area (Å²) < 4.78 is 5.71. The molecule has 0 radical (unpaired) electrons. The third-order valence-corrected chi connectivity index (χ3v) is 5.14. The van der Waals surface area contributed by atoms with E-state index in [1.165, 1.54) is 0 Å². The average Bonchev–Trinajstić information content (AvgIpc) is 3.18. The second-order valence-electron chi connectivity index (χ2n) is 6.70. The van der Waals surface area contributed by atoms with E-state index < -0.39 is 5.92 Å². The molecule has 5 nitrogen and oxygen atoms in total. The van der Waals surface area contributed by atoms with E-state index in [-0.39, 0.29) is 24.3 Å². The van der Waals surface area contributed by atoms with Gasteiger partial charge in [-0.3, -0.25) is 9.59 Å². The molecule has 0 aromatic heterocycles. The lowest BCUT2D eigenvalue weighted by Crippen LogP contribution is -2.29. The van der Waals surface area contributed by atoms with Crippen LogP contribution in [-0.2, 0) is 16.0 Å². The van der Waals surface area contributed by atoms with Gasteiger partial charge >= 0.3 is 0 Å². The zero-order valence-corrected chi connectivity index (χ0v) is 15.1. The monoisotopic (exact) mass is 370 g/mol. The van der Waals surface area contributed by atoms with E-state index in [0.717, 1.165) is 34.5 Å². The first-order chi connectivity index (χ1) is 12.5. The lowest BCUT2D eigenvalue weighted by atomic mass is 9.96. The smallest absolute Gasteiger partial charge is 0.232 e. The maximum absolute atomic E-state index is 12.6. The van der Waals surface area contributed by atoms with Crippen LogP contribution in [0, 0.1) is 0 Å². The van der Waals surface area contributed by atoms with E-state index in [4.69, 9.17) is 16.3 Å². The molecule has 0 fully saturated rings. The van der Waals surface area contributed by atoms with Crippen LogP contribution >= 0.6 is 11.6 Å². The van der Waals surface area contributed by atoms with Crippen molar-refractivity contribution in [2.24, 2.45) is 0 Å². The van der Waals surface area contributed by atoms with Crippen molar-refractivity contribution in [3.63, 3.8) is 0 Å². The fraction of sp³-hybridized carbons (Fsp3) is 0.300. The molecule has 2 aromatic carbocycles. The summed E-state index contributed by atoms with van der Waals surface area (Å²) in [4.78, 5) is 24.8. The Kier molecular flexibility index (Phi) is 4.32. The molecule has 2 aromatic rings. The number of carbonyl (C=O) groups excluding carboxylic acids is 2. The van der Waals surface area contributed by atoms with Gasteiger partial charge in [-0.25, -0.2) is 0 Å². The van der Waals surface area contributed by atoms with Crippen LogP contribution in [0.3, 0.4) is 0 Å². The number of amides is 2. The molecule has 6 heteroatoms. The number of hydrogen-bond acceptors (Lipinski definition) is 3. The first kappa shape index (κ1) is 16.9. The van der Waals surface area contributed by atoms with Gasteiger partial charge in [0.25, 0.3) is 0 Å². The summed E-state index contributed by atoms with van der Waals surface area (Å²) in [7, 11) is 0. The molecule has 2 aliphatic rings. The van der Waals surface area contributed by atoms with Crippen molar-refractivity contribution >= 4 is 29.1 Å². The van der Waals surface area contributed by atoms with Crippen molar-refractivity contribution in [2.45, 2.75) is 31.7 Å². The molecule has 0 saturated heterocycles. The summed E-state index contributed by atoms with van der Waals surface area (Å²) in [6.45, 7) is 2.52. The molecular formula is C20H19ClN2O3. The van der Waals surface area contributed by atoms with Crippen LogP contribution in [0.2, 0.25) is 5.02 Å². The Hall–Kier alpha value is -2.53. The van der Waals surface area contributed by atoms with Crippen LogP contribution in [0.25, 0.3) is 0 Å². The molecule has 2 heterocycles. The van der Waals surface area contributed by atoms with Gasteiger partial charge in [-0.1, -0.05) is 29.8 Å². The van der Waals surface area contributed by atoms with E-state index in [2.05, 4.69) is 10.6 Å². The Bertz CT molecular complexity index is 897. The number of nitrogens with one attached hydrogen (secondary N) is 2. The molecule has 0 bridgehead atoms. The van der Waals surface area contributed by atoms with Gasteiger partial charge < -0.3 is 15.4 Å². The fourth-order valence-electron chi connectivity index (χ4n) is 3.66. The number of halogens is 1. The number of para-hydroxylation sites is 1. The number of anilines is 1. The van der Waals surface area contributed by atoms with Gasteiger partial charge in [0.2, 0.25) is 11.8 Å². The molecule has 134 valence electrons. The Morgan fingerprint density at radius 2 is 2.19 bits per heavy atom. The highest BCUT2D eigenvalue weighted by atomic mass is 35.5. The van der Waals surface area contributed by atoms with Crippen LogP contribution in [-0.4, -0.2) is 18.4 Å². The summed E-state index contributed by atoms with van der Waals surface area (Å²) in [6.07, 6.45) is 0.930. The van der Waals surface area contributed by atoms with Gasteiger partial charge in [-0.15, -0.1) is 0 Å². The number of hydrogen-bond donors (Lipinski definition) is 2. The lowest BCUT2D eigenvalue weighted by molar-refractivity contribution is -0.125. The number of carbonyl (C=O) groups is 2. The van der Waals surface area contributed by atoms with Crippen molar-refractivity contribution in [3.05, 3.63) is 58.1 Å². The minimum absolute atomic E-state index is 0.108. The van der Waals surface area contributed by atoms with Gasteiger partial charge in [0.05, 0.1) is 18.6 Å². The largest absolute Gasteiger partial charge is 0.493 e. The van der Waals surface area contributed by atoms with Gasteiger partial charge in [0, 0.05) is 29.1 Å². The molecule has 0 saturated carbocycles. The zero-order valence-electron chi connectivity index (χ0n) is 14.3. The molecule has 2 aliphatic heterocycles. The van der Waals surface area contributed by atoms with Gasteiger partial charge in [-0.2, -0.15) is 0 Å². The number of benzene rings is 2. The molecule has 2 amide bonds. The quantitative estimate of drug-likeness (QED) is 0.864. The first-order valence-corrected chi connectivity index (χ1v) is 9.05. The highest BCUT2D eigenvalue weighted by Crippen LogP contribution is 2.37. The van der Waals surface area contributed by atoms with Crippen molar-refractivity contribution in [2.75, 3.05) is 11.9 Å². The van der Waals surface area contributed by atoms with E-state index >= 15 is 0 Å².